The summed E-state index contributed by atoms with van der Waals surface area (Å²) >= 11 is 0. The quantitative estimate of drug-likeness (QED) is 0.895. The highest BCUT2D eigenvalue weighted by Gasteiger charge is 2.31. The molecule has 6 heteroatoms. The number of nitrogens with zero attached hydrogens (tertiary/aromatic N) is 3. The van der Waals surface area contributed by atoms with Crippen LogP contribution in [0.15, 0.2) is 6.33 Å². The van der Waals surface area contributed by atoms with E-state index in [2.05, 4.69) is 24.1 Å². The summed E-state index contributed by atoms with van der Waals surface area (Å²) in [4.78, 5) is 31.0. The maximum atomic E-state index is 12.6. The third-order valence-corrected chi connectivity index (χ3v) is 5.10. The molecular formula is C18H28N4O2. The summed E-state index contributed by atoms with van der Waals surface area (Å²) in [6.45, 7) is 5.54. The number of carbonyl (C=O) groups excluding carboxylic acids is 2. The molecule has 0 radical (unpaired) electrons. The van der Waals surface area contributed by atoms with E-state index < -0.39 is 0 Å². The predicted octanol–water partition coefficient (Wildman–Crippen LogP) is 1.84. The van der Waals surface area contributed by atoms with E-state index in [1.807, 2.05) is 11.6 Å². The SMILES string of the molecule is CC(C)CN(C)C(=O)c1ncn2c1CCC(C(=O)NC1CCC1)C2. The van der Waals surface area contributed by atoms with Gasteiger partial charge in [-0.25, -0.2) is 4.98 Å². The zero-order chi connectivity index (χ0) is 17.3. The van der Waals surface area contributed by atoms with Gasteiger partial charge in [-0.2, -0.15) is 0 Å². The lowest BCUT2D eigenvalue weighted by Crippen LogP contribution is -2.44. The molecule has 1 fully saturated rings. The van der Waals surface area contributed by atoms with Crippen molar-refractivity contribution in [3.8, 4) is 0 Å². The zero-order valence-corrected chi connectivity index (χ0v) is 14.9. The van der Waals surface area contributed by atoms with Crippen LogP contribution < -0.4 is 5.32 Å². The van der Waals surface area contributed by atoms with E-state index in [0.29, 0.717) is 24.2 Å². The summed E-state index contributed by atoms with van der Waals surface area (Å²) in [7, 11) is 1.83. The van der Waals surface area contributed by atoms with Crippen LogP contribution >= 0.6 is 0 Å². The number of amides is 2. The van der Waals surface area contributed by atoms with Crippen LogP contribution in [0, 0.1) is 11.8 Å². The first kappa shape index (κ1) is 17.0. The lowest BCUT2D eigenvalue weighted by atomic mass is 9.91. The maximum absolute atomic E-state index is 12.6. The Kier molecular flexibility index (Phi) is 4.92. The fourth-order valence-electron chi connectivity index (χ4n) is 3.54. The molecule has 1 aliphatic carbocycles. The summed E-state index contributed by atoms with van der Waals surface area (Å²) in [6.07, 6.45) is 6.67. The highest BCUT2D eigenvalue weighted by Crippen LogP contribution is 2.25. The van der Waals surface area contributed by atoms with Crippen LogP contribution in [0.2, 0.25) is 0 Å². The number of fused-ring (bicyclic) bond motifs is 1. The molecular weight excluding hydrogens is 304 g/mol. The third kappa shape index (κ3) is 3.47. The van der Waals surface area contributed by atoms with Crippen molar-refractivity contribution in [3.63, 3.8) is 0 Å². The molecule has 2 heterocycles. The average molecular weight is 332 g/mol. The van der Waals surface area contributed by atoms with E-state index in [0.717, 1.165) is 37.9 Å². The standard InChI is InChI=1S/C18H28N4O2/c1-12(2)9-21(3)18(24)16-15-8-7-13(10-22(15)11-19-16)17(23)20-14-5-4-6-14/h11-14H,4-10H2,1-3H3,(H,20,23). The van der Waals surface area contributed by atoms with E-state index >= 15 is 0 Å². The van der Waals surface area contributed by atoms with Crippen LogP contribution in [0.4, 0.5) is 0 Å². The van der Waals surface area contributed by atoms with Gasteiger partial charge in [0.1, 0.15) is 5.69 Å². The number of hydrogen-bond donors (Lipinski definition) is 1. The lowest BCUT2D eigenvalue weighted by molar-refractivity contribution is -0.127. The minimum atomic E-state index is -0.0187. The van der Waals surface area contributed by atoms with Gasteiger partial charge in [-0.3, -0.25) is 9.59 Å². The molecule has 1 aromatic heterocycles. The Bertz CT molecular complexity index is 619. The normalized spacial score (nSPS) is 20.4. The molecule has 1 atom stereocenters. The molecule has 0 bridgehead atoms. The molecule has 1 aromatic rings. The number of hydrogen-bond acceptors (Lipinski definition) is 3. The first-order chi connectivity index (χ1) is 11.5. The number of nitrogens with one attached hydrogen (secondary N) is 1. The van der Waals surface area contributed by atoms with Crippen LogP contribution in [0.3, 0.4) is 0 Å². The van der Waals surface area contributed by atoms with Crippen molar-refractivity contribution in [1.29, 1.82) is 0 Å². The molecule has 3 rings (SSSR count). The Labute approximate surface area is 143 Å². The molecule has 0 saturated heterocycles. The summed E-state index contributed by atoms with van der Waals surface area (Å²) < 4.78 is 1.99. The van der Waals surface area contributed by atoms with Crippen LogP contribution in [0.1, 0.15) is 55.7 Å². The van der Waals surface area contributed by atoms with Crippen molar-refractivity contribution in [2.24, 2.45) is 11.8 Å². The first-order valence-electron chi connectivity index (χ1n) is 9.05. The van der Waals surface area contributed by atoms with Crippen LogP contribution in [0.5, 0.6) is 0 Å². The molecule has 24 heavy (non-hydrogen) atoms. The number of imidazole rings is 1. The summed E-state index contributed by atoms with van der Waals surface area (Å²) in [5.41, 5.74) is 1.53. The number of rotatable bonds is 5. The molecule has 1 aliphatic heterocycles. The number of carbonyl (C=O) groups is 2. The van der Waals surface area contributed by atoms with Crippen molar-refractivity contribution < 1.29 is 9.59 Å². The van der Waals surface area contributed by atoms with Crippen LogP contribution in [-0.2, 0) is 17.8 Å². The zero-order valence-electron chi connectivity index (χ0n) is 14.9. The van der Waals surface area contributed by atoms with Gasteiger partial charge in [0.15, 0.2) is 0 Å². The van der Waals surface area contributed by atoms with Gasteiger partial charge < -0.3 is 14.8 Å². The molecule has 132 valence electrons. The Morgan fingerprint density at radius 3 is 2.75 bits per heavy atom. The van der Waals surface area contributed by atoms with Gasteiger partial charge in [0, 0.05) is 26.2 Å². The van der Waals surface area contributed by atoms with E-state index in [4.69, 9.17) is 0 Å². The minimum absolute atomic E-state index is 0.0105. The van der Waals surface area contributed by atoms with Gasteiger partial charge in [-0.15, -0.1) is 0 Å². The minimum Gasteiger partial charge on any atom is -0.353 e. The monoisotopic (exact) mass is 332 g/mol. The second-order valence-corrected chi connectivity index (χ2v) is 7.64. The van der Waals surface area contributed by atoms with Crippen molar-refractivity contribution in [2.75, 3.05) is 13.6 Å². The van der Waals surface area contributed by atoms with Gasteiger partial charge >= 0.3 is 0 Å². The van der Waals surface area contributed by atoms with Gasteiger partial charge in [-0.05, 0) is 38.0 Å². The molecule has 2 aliphatic rings. The molecule has 6 nitrogen and oxygen atoms in total. The van der Waals surface area contributed by atoms with E-state index in [-0.39, 0.29) is 17.7 Å². The Balaban J connectivity index is 1.65. The van der Waals surface area contributed by atoms with Gasteiger partial charge in [0.25, 0.3) is 5.91 Å². The lowest BCUT2D eigenvalue weighted by Gasteiger charge is -2.30. The van der Waals surface area contributed by atoms with Crippen LogP contribution in [0.25, 0.3) is 0 Å². The second kappa shape index (κ2) is 6.95. The van der Waals surface area contributed by atoms with Gasteiger partial charge in [-0.1, -0.05) is 13.8 Å². The summed E-state index contributed by atoms with van der Waals surface area (Å²) in [5.74, 6) is 0.555. The summed E-state index contributed by atoms with van der Waals surface area (Å²) in [6, 6.07) is 0.378. The van der Waals surface area contributed by atoms with E-state index in [1.54, 1.807) is 11.2 Å². The Morgan fingerprint density at radius 1 is 1.38 bits per heavy atom. The smallest absolute Gasteiger partial charge is 0.274 e. The maximum Gasteiger partial charge on any atom is 0.274 e. The summed E-state index contributed by atoms with van der Waals surface area (Å²) in [5, 5.41) is 3.14. The third-order valence-electron chi connectivity index (χ3n) is 5.10. The van der Waals surface area contributed by atoms with Gasteiger partial charge in [0.2, 0.25) is 5.91 Å². The second-order valence-electron chi connectivity index (χ2n) is 7.64. The average Bonchev–Trinajstić information content (AvgIpc) is 2.92. The van der Waals surface area contributed by atoms with E-state index in [9.17, 15) is 9.59 Å². The highest BCUT2D eigenvalue weighted by atomic mass is 16.2. The number of aromatic nitrogens is 2. The largest absolute Gasteiger partial charge is 0.353 e. The van der Waals surface area contributed by atoms with E-state index in [1.165, 1.54) is 6.42 Å². The molecule has 1 unspecified atom stereocenters. The molecule has 1 N–H and O–H groups in total. The van der Waals surface area contributed by atoms with Crippen molar-refractivity contribution in [1.82, 2.24) is 19.8 Å². The van der Waals surface area contributed by atoms with Crippen molar-refractivity contribution >= 4 is 11.8 Å². The topological polar surface area (TPSA) is 67.2 Å². The molecule has 2 amide bonds. The van der Waals surface area contributed by atoms with Crippen molar-refractivity contribution in [3.05, 3.63) is 17.7 Å². The molecule has 1 saturated carbocycles. The fourth-order valence-corrected chi connectivity index (χ4v) is 3.54. The Morgan fingerprint density at radius 2 is 2.12 bits per heavy atom. The van der Waals surface area contributed by atoms with Crippen LogP contribution in [-0.4, -0.2) is 45.9 Å². The molecule has 0 aromatic carbocycles. The Hall–Kier alpha value is -1.85. The molecule has 0 spiro atoms. The van der Waals surface area contributed by atoms with Crippen molar-refractivity contribution in [2.45, 2.75) is 58.5 Å². The van der Waals surface area contributed by atoms with Gasteiger partial charge in [0.05, 0.1) is 17.9 Å². The highest BCUT2D eigenvalue weighted by molar-refractivity contribution is 5.93. The first-order valence-corrected chi connectivity index (χ1v) is 9.05. The predicted molar refractivity (Wildman–Crippen MR) is 91.6 cm³/mol. The fraction of sp³-hybridized carbons (Fsp3) is 0.722.